The van der Waals surface area contributed by atoms with Gasteiger partial charge in [0, 0.05) is 32.0 Å². The molecule has 0 amide bonds. The van der Waals surface area contributed by atoms with Gasteiger partial charge in [0.15, 0.2) is 5.16 Å². The number of hydrogen-bond acceptors (Lipinski definition) is 7. The monoisotopic (exact) mass is 299 g/mol. The van der Waals surface area contributed by atoms with Crippen LogP contribution in [0.25, 0.3) is 0 Å². The van der Waals surface area contributed by atoms with Crippen LogP contribution >= 0.6 is 11.8 Å². The van der Waals surface area contributed by atoms with Crippen molar-refractivity contribution in [1.29, 1.82) is 0 Å². The molecule has 0 aliphatic carbocycles. The minimum absolute atomic E-state index is 0.182. The van der Waals surface area contributed by atoms with E-state index in [0.29, 0.717) is 17.1 Å². The van der Waals surface area contributed by atoms with Crippen LogP contribution in [0, 0.1) is 5.92 Å². The molecule has 0 bridgehead atoms. The highest BCUT2D eigenvalue weighted by Crippen LogP contribution is 2.20. The molecule has 0 fully saturated rings. The average molecular weight is 299 g/mol. The molecule has 1 aromatic heterocycles. The highest BCUT2D eigenvalue weighted by molar-refractivity contribution is 7.99. The lowest BCUT2D eigenvalue weighted by molar-refractivity contribution is 0.250. The van der Waals surface area contributed by atoms with Gasteiger partial charge in [0.2, 0.25) is 11.9 Å². The summed E-state index contributed by atoms with van der Waals surface area (Å²) in [5, 5.41) is 12.9. The molecular formula is C13H25N5OS. The number of rotatable bonds is 9. The number of nitrogens with one attached hydrogen (secondary N) is 1. The molecule has 7 heteroatoms. The molecule has 1 atom stereocenters. The average Bonchev–Trinajstić information content (AvgIpc) is 2.46. The SMILES string of the molecule is CCNc1nc(SCC(C)CO)nc(N(CC)CC)n1. The van der Waals surface area contributed by atoms with Gasteiger partial charge < -0.3 is 15.3 Å². The van der Waals surface area contributed by atoms with Crippen molar-refractivity contribution in [1.82, 2.24) is 15.0 Å². The van der Waals surface area contributed by atoms with Crippen molar-refractivity contribution in [2.45, 2.75) is 32.9 Å². The molecule has 0 saturated carbocycles. The van der Waals surface area contributed by atoms with E-state index in [9.17, 15) is 0 Å². The Morgan fingerprint density at radius 2 is 1.90 bits per heavy atom. The fourth-order valence-corrected chi connectivity index (χ4v) is 2.40. The van der Waals surface area contributed by atoms with Crippen molar-refractivity contribution in [2.24, 2.45) is 5.92 Å². The third-order valence-corrected chi connectivity index (χ3v) is 3.97. The second-order valence-electron chi connectivity index (χ2n) is 4.54. The minimum atomic E-state index is 0.182. The maximum absolute atomic E-state index is 9.08. The van der Waals surface area contributed by atoms with Gasteiger partial charge in [-0.2, -0.15) is 15.0 Å². The predicted octanol–water partition coefficient (Wildman–Crippen LogP) is 1.87. The van der Waals surface area contributed by atoms with E-state index >= 15 is 0 Å². The molecule has 0 spiro atoms. The summed E-state index contributed by atoms with van der Waals surface area (Å²) in [5.74, 6) is 2.35. The van der Waals surface area contributed by atoms with Crippen molar-refractivity contribution in [3.63, 3.8) is 0 Å². The van der Waals surface area contributed by atoms with Crippen molar-refractivity contribution in [3.8, 4) is 0 Å². The van der Waals surface area contributed by atoms with Crippen LogP contribution in [0.1, 0.15) is 27.7 Å². The van der Waals surface area contributed by atoms with Crippen molar-refractivity contribution in [3.05, 3.63) is 0 Å². The van der Waals surface area contributed by atoms with Crippen molar-refractivity contribution >= 4 is 23.7 Å². The summed E-state index contributed by atoms with van der Waals surface area (Å²) in [6.07, 6.45) is 0. The molecule has 0 aliphatic rings. The zero-order valence-electron chi connectivity index (χ0n) is 12.8. The number of aliphatic hydroxyl groups is 1. The van der Waals surface area contributed by atoms with E-state index in [4.69, 9.17) is 5.11 Å². The number of anilines is 2. The van der Waals surface area contributed by atoms with E-state index < -0.39 is 0 Å². The summed E-state index contributed by atoms with van der Waals surface area (Å²) in [6, 6.07) is 0. The van der Waals surface area contributed by atoms with Gasteiger partial charge in [-0.1, -0.05) is 18.7 Å². The van der Waals surface area contributed by atoms with Crippen LogP contribution < -0.4 is 10.2 Å². The normalized spacial score (nSPS) is 12.2. The fourth-order valence-electron chi connectivity index (χ4n) is 1.56. The van der Waals surface area contributed by atoms with E-state index in [1.165, 1.54) is 0 Å². The third kappa shape index (κ3) is 5.13. The summed E-state index contributed by atoms with van der Waals surface area (Å²) >= 11 is 1.56. The van der Waals surface area contributed by atoms with Crippen LogP contribution in [0.5, 0.6) is 0 Å². The Bertz CT molecular complexity index is 400. The number of nitrogens with zero attached hydrogens (tertiary/aromatic N) is 4. The van der Waals surface area contributed by atoms with Crippen LogP contribution in [0.15, 0.2) is 5.16 Å². The highest BCUT2D eigenvalue weighted by atomic mass is 32.2. The van der Waals surface area contributed by atoms with E-state index in [2.05, 4.69) is 39.0 Å². The van der Waals surface area contributed by atoms with E-state index in [1.807, 2.05) is 13.8 Å². The number of hydrogen-bond donors (Lipinski definition) is 2. The Balaban J connectivity index is 2.91. The van der Waals surface area contributed by atoms with Gasteiger partial charge in [0.1, 0.15) is 0 Å². The first-order chi connectivity index (χ1) is 9.64. The topological polar surface area (TPSA) is 74.2 Å². The molecule has 2 N–H and O–H groups in total. The fraction of sp³-hybridized carbons (Fsp3) is 0.769. The molecule has 6 nitrogen and oxygen atoms in total. The summed E-state index contributed by atoms with van der Waals surface area (Å²) in [5.41, 5.74) is 0. The van der Waals surface area contributed by atoms with E-state index in [1.54, 1.807) is 11.8 Å². The lowest BCUT2D eigenvalue weighted by atomic mass is 10.2. The van der Waals surface area contributed by atoms with Crippen molar-refractivity contribution < 1.29 is 5.11 Å². The maximum Gasteiger partial charge on any atom is 0.231 e. The molecule has 0 aromatic carbocycles. The Morgan fingerprint density at radius 3 is 2.45 bits per heavy atom. The molecule has 1 heterocycles. The summed E-state index contributed by atoms with van der Waals surface area (Å²) < 4.78 is 0. The standard InChI is InChI=1S/C13H25N5OS/c1-5-14-11-15-12(18(6-2)7-3)17-13(16-11)20-9-10(4)8-19/h10,19H,5-9H2,1-4H3,(H,14,15,16,17). The Labute approximate surface area is 125 Å². The van der Waals surface area contributed by atoms with Crippen LogP contribution in [0.3, 0.4) is 0 Å². The third-order valence-electron chi connectivity index (χ3n) is 2.79. The van der Waals surface area contributed by atoms with E-state index in [-0.39, 0.29) is 12.5 Å². The van der Waals surface area contributed by atoms with Gasteiger partial charge in [-0.05, 0) is 26.7 Å². The zero-order chi connectivity index (χ0) is 15.0. The summed E-state index contributed by atoms with van der Waals surface area (Å²) in [6.45, 7) is 10.9. The first-order valence-electron chi connectivity index (χ1n) is 7.13. The predicted molar refractivity (Wildman–Crippen MR) is 84.5 cm³/mol. The van der Waals surface area contributed by atoms with Crippen LogP contribution in [-0.4, -0.2) is 52.1 Å². The first-order valence-corrected chi connectivity index (χ1v) is 8.11. The highest BCUT2D eigenvalue weighted by Gasteiger charge is 2.12. The second kappa shape index (κ2) is 8.97. The largest absolute Gasteiger partial charge is 0.396 e. The number of aromatic nitrogens is 3. The van der Waals surface area contributed by atoms with Gasteiger partial charge in [-0.3, -0.25) is 0 Å². The van der Waals surface area contributed by atoms with Gasteiger partial charge in [0.25, 0.3) is 0 Å². The molecule has 1 aromatic rings. The lowest BCUT2D eigenvalue weighted by Crippen LogP contribution is -2.25. The zero-order valence-corrected chi connectivity index (χ0v) is 13.6. The van der Waals surface area contributed by atoms with Crippen LogP contribution in [-0.2, 0) is 0 Å². The smallest absolute Gasteiger partial charge is 0.231 e. The van der Waals surface area contributed by atoms with Gasteiger partial charge in [-0.25, -0.2) is 0 Å². The van der Waals surface area contributed by atoms with Crippen molar-refractivity contribution in [2.75, 3.05) is 42.2 Å². The molecule has 1 rings (SSSR count). The van der Waals surface area contributed by atoms with E-state index in [0.717, 1.165) is 25.4 Å². The molecule has 0 aliphatic heterocycles. The molecule has 1 unspecified atom stereocenters. The molecule has 20 heavy (non-hydrogen) atoms. The van der Waals surface area contributed by atoms with Gasteiger partial charge in [-0.15, -0.1) is 0 Å². The Morgan fingerprint density at radius 1 is 1.20 bits per heavy atom. The van der Waals surface area contributed by atoms with Gasteiger partial charge in [0.05, 0.1) is 0 Å². The second-order valence-corrected chi connectivity index (χ2v) is 5.53. The molecule has 114 valence electrons. The number of aliphatic hydroxyl groups excluding tert-OH is 1. The Kier molecular flexibility index (Phi) is 7.61. The summed E-state index contributed by atoms with van der Waals surface area (Å²) in [4.78, 5) is 15.5. The Hall–Kier alpha value is -1.08. The van der Waals surface area contributed by atoms with Gasteiger partial charge >= 0.3 is 0 Å². The first kappa shape index (κ1) is 17.0. The maximum atomic E-state index is 9.08. The minimum Gasteiger partial charge on any atom is -0.396 e. The quantitative estimate of drug-likeness (QED) is 0.674. The summed E-state index contributed by atoms with van der Waals surface area (Å²) in [7, 11) is 0. The van der Waals surface area contributed by atoms with Crippen LogP contribution in [0.2, 0.25) is 0 Å². The van der Waals surface area contributed by atoms with Crippen LogP contribution in [0.4, 0.5) is 11.9 Å². The molecular weight excluding hydrogens is 274 g/mol. The number of thioether (sulfide) groups is 1. The lowest BCUT2D eigenvalue weighted by Gasteiger charge is -2.19. The molecule has 0 saturated heterocycles. The molecule has 0 radical (unpaired) electrons.